The SMILES string of the molecule is C=CCN(C(=O)c1ccc(=O)n(CCCC)n1)c1ccccc1. The maximum atomic E-state index is 12.8. The minimum Gasteiger partial charge on any atom is -0.303 e. The molecule has 0 aliphatic rings. The number of benzene rings is 1. The molecule has 0 atom stereocenters. The Kier molecular flexibility index (Phi) is 5.86. The lowest BCUT2D eigenvalue weighted by Gasteiger charge is -2.21. The molecule has 0 aliphatic carbocycles. The second kappa shape index (κ2) is 8.08. The van der Waals surface area contributed by atoms with Gasteiger partial charge >= 0.3 is 0 Å². The number of unbranched alkanes of at least 4 members (excludes halogenated alkanes) is 1. The van der Waals surface area contributed by atoms with Crippen LogP contribution in [0.1, 0.15) is 30.3 Å². The van der Waals surface area contributed by atoms with Crippen molar-refractivity contribution in [3.8, 4) is 0 Å². The second-order valence-electron chi connectivity index (χ2n) is 5.17. The first-order valence-electron chi connectivity index (χ1n) is 7.73. The van der Waals surface area contributed by atoms with E-state index in [1.54, 1.807) is 11.0 Å². The largest absolute Gasteiger partial charge is 0.303 e. The Labute approximate surface area is 135 Å². The average molecular weight is 311 g/mol. The zero-order valence-electron chi connectivity index (χ0n) is 13.3. The zero-order chi connectivity index (χ0) is 16.7. The Morgan fingerprint density at radius 1 is 1.26 bits per heavy atom. The summed E-state index contributed by atoms with van der Waals surface area (Å²) in [6.45, 7) is 6.64. The first-order chi connectivity index (χ1) is 11.2. The lowest BCUT2D eigenvalue weighted by Crippen LogP contribution is -2.34. The molecule has 23 heavy (non-hydrogen) atoms. The van der Waals surface area contributed by atoms with Gasteiger partial charge in [0.2, 0.25) is 0 Å². The topological polar surface area (TPSA) is 55.2 Å². The number of para-hydroxylation sites is 1. The third-order valence-corrected chi connectivity index (χ3v) is 3.43. The second-order valence-corrected chi connectivity index (χ2v) is 5.17. The molecule has 0 fully saturated rings. The predicted molar refractivity (Wildman–Crippen MR) is 91.7 cm³/mol. The van der Waals surface area contributed by atoms with E-state index in [0.29, 0.717) is 13.1 Å². The molecule has 1 aromatic carbocycles. The van der Waals surface area contributed by atoms with Crippen LogP contribution in [-0.4, -0.2) is 22.2 Å². The standard InChI is InChI=1S/C18H21N3O2/c1-3-5-14-21-17(22)12-11-16(19-21)18(23)20(13-4-2)15-9-7-6-8-10-15/h4,6-12H,2-3,5,13-14H2,1H3. The van der Waals surface area contributed by atoms with Crippen LogP contribution in [0.4, 0.5) is 5.69 Å². The van der Waals surface area contributed by atoms with Crippen molar-refractivity contribution in [3.05, 3.63) is 71.2 Å². The van der Waals surface area contributed by atoms with Crippen molar-refractivity contribution in [2.75, 3.05) is 11.4 Å². The highest BCUT2D eigenvalue weighted by molar-refractivity contribution is 6.04. The molecule has 0 saturated carbocycles. The summed E-state index contributed by atoms with van der Waals surface area (Å²) >= 11 is 0. The molecule has 5 nitrogen and oxygen atoms in total. The predicted octanol–water partition coefficient (Wildman–Crippen LogP) is 2.88. The zero-order valence-corrected chi connectivity index (χ0v) is 13.3. The van der Waals surface area contributed by atoms with Crippen LogP contribution in [0.25, 0.3) is 0 Å². The molecule has 0 unspecified atom stereocenters. The minimum absolute atomic E-state index is 0.190. The van der Waals surface area contributed by atoms with Gasteiger partial charge in [0, 0.05) is 24.8 Å². The fraction of sp³-hybridized carbons (Fsp3) is 0.278. The monoisotopic (exact) mass is 311 g/mol. The number of aromatic nitrogens is 2. The first kappa shape index (κ1) is 16.7. The molecule has 0 spiro atoms. The first-order valence-corrected chi connectivity index (χ1v) is 7.73. The van der Waals surface area contributed by atoms with E-state index in [4.69, 9.17) is 0 Å². The fourth-order valence-electron chi connectivity index (χ4n) is 2.21. The van der Waals surface area contributed by atoms with E-state index >= 15 is 0 Å². The molecule has 2 rings (SSSR count). The van der Waals surface area contributed by atoms with Crippen molar-refractivity contribution in [3.63, 3.8) is 0 Å². The summed E-state index contributed by atoms with van der Waals surface area (Å²) in [6.07, 6.45) is 3.47. The molecular formula is C18H21N3O2. The summed E-state index contributed by atoms with van der Waals surface area (Å²) < 4.78 is 1.35. The van der Waals surface area contributed by atoms with E-state index in [1.165, 1.54) is 16.8 Å². The number of amides is 1. The van der Waals surface area contributed by atoms with Crippen molar-refractivity contribution < 1.29 is 4.79 Å². The summed E-state index contributed by atoms with van der Waals surface area (Å²) in [7, 11) is 0. The summed E-state index contributed by atoms with van der Waals surface area (Å²) in [4.78, 5) is 26.2. The normalized spacial score (nSPS) is 10.3. The van der Waals surface area contributed by atoms with E-state index in [9.17, 15) is 9.59 Å². The Balaban J connectivity index is 2.33. The van der Waals surface area contributed by atoms with Crippen LogP contribution in [0.3, 0.4) is 0 Å². The van der Waals surface area contributed by atoms with Gasteiger partial charge in [-0.3, -0.25) is 9.59 Å². The summed E-state index contributed by atoms with van der Waals surface area (Å²) in [5, 5.41) is 4.22. The third kappa shape index (κ3) is 4.16. The minimum atomic E-state index is -0.249. The van der Waals surface area contributed by atoms with Gasteiger partial charge in [0.05, 0.1) is 0 Å². The molecule has 0 saturated heterocycles. The third-order valence-electron chi connectivity index (χ3n) is 3.43. The van der Waals surface area contributed by atoms with Gasteiger partial charge in [0.1, 0.15) is 5.69 Å². The molecule has 120 valence electrons. The summed E-state index contributed by atoms with van der Waals surface area (Å²) in [5.74, 6) is -0.249. The number of carbonyl (C=O) groups is 1. The van der Waals surface area contributed by atoms with Gasteiger partial charge in [-0.15, -0.1) is 6.58 Å². The highest BCUT2D eigenvalue weighted by Crippen LogP contribution is 2.15. The Morgan fingerprint density at radius 3 is 2.65 bits per heavy atom. The quantitative estimate of drug-likeness (QED) is 0.739. The maximum Gasteiger partial charge on any atom is 0.278 e. The van der Waals surface area contributed by atoms with E-state index < -0.39 is 0 Å². The van der Waals surface area contributed by atoms with E-state index in [-0.39, 0.29) is 17.2 Å². The van der Waals surface area contributed by atoms with E-state index in [0.717, 1.165) is 18.5 Å². The van der Waals surface area contributed by atoms with Gasteiger partial charge in [0.25, 0.3) is 11.5 Å². The van der Waals surface area contributed by atoms with Gasteiger partial charge < -0.3 is 4.90 Å². The van der Waals surface area contributed by atoms with Crippen molar-refractivity contribution in [1.82, 2.24) is 9.78 Å². The van der Waals surface area contributed by atoms with Crippen LogP contribution in [0.2, 0.25) is 0 Å². The molecule has 5 heteroatoms. The molecule has 0 N–H and O–H groups in total. The van der Waals surface area contributed by atoms with Crippen LogP contribution >= 0.6 is 0 Å². The maximum absolute atomic E-state index is 12.8. The van der Waals surface area contributed by atoms with Gasteiger partial charge in [-0.05, 0) is 24.6 Å². The molecule has 0 bridgehead atoms. The smallest absolute Gasteiger partial charge is 0.278 e. The highest BCUT2D eigenvalue weighted by atomic mass is 16.2. The molecular weight excluding hydrogens is 290 g/mol. The van der Waals surface area contributed by atoms with Crippen molar-refractivity contribution in [2.45, 2.75) is 26.3 Å². The number of rotatable bonds is 7. The highest BCUT2D eigenvalue weighted by Gasteiger charge is 2.18. The molecule has 1 amide bonds. The van der Waals surface area contributed by atoms with Gasteiger partial charge in [-0.1, -0.05) is 37.6 Å². The Hall–Kier alpha value is -2.69. The number of nitrogens with zero attached hydrogens (tertiary/aromatic N) is 3. The molecule has 0 radical (unpaired) electrons. The van der Waals surface area contributed by atoms with Crippen LogP contribution in [0.5, 0.6) is 0 Å². The number of aryl methyl sites for hydroxylation is 1. The Morgan fingerprint density at radius 2 is 2.00 bits per heavy atom. The summed E-state index contributed by atoms with van der Waals surface area (Å²) in [5.41, 5.74) is 0.835. The molecule has 0 aliphatic heterocycles. The van der Waals surface area contributed by atoms with Gasteiger partial charge in [-0.2, -0.15) is 5.10 Å². The Bertz CT molecular complexity index is 723. The van der Waals surface area contributed by atoms with Crippen LogP contribution in [-0.2, 0) is 6.54 Å². The van der Waals surface area contributed by atoms with Gasteiger partial charge in [0.15, 0.2) is 0 Å². The molecule has 1 heterocycles. The lowest BCUT2D eigenvalue weighted by molar-refractivity contribution is 0.0982. The van der Waals surface area contributed by atoms with Crippen LogP contribution in [0, 0.1) is 0 Å². The van der Waals surface area contributed by atoms with Crippen molar-refractivity contribution >= 4 is 11.6 Å². The van der Waals surface area contributed by atoms with Gasteiger partial charge in [-0.25, -0.2) is 4.68 Å². The van der Waals surface area contributed by atoms with Crippen molar-refractivity contribution in [1.29, 1.82) is 0 Å². The van der Waals surface area contributed by atoms with Crippen LogP contribution < -0.4 is 10.5 Å². The van der Waals surface area contributed by atoms with E-state index in [1.807, 2.05) is 37.3 Å². The summed E-state index contributed by atoms with van der Waals surface area (Å²) in [6, 6.07) is 12.2. The fourth-order valence-corrected chi connectivity index (χ4v) is 2.21. The average Bonchev–Trinajstić information content (AvgIpc) is 2.59. The lowest BCUT2D eigenvalue weighted by atomic mass is 10.2. The molecule has 1 aromatic heterocycles. The van der Waals surface area contributed by atoms with E-state index in [2.05, 4.69) is 11.7 Å². The number of hydrogen-bond acceptors (Lipinski definition) is 3. The number of carbonyl (C=O) groups excluding carboxylic acids is 1. The van der Waals surface area contributed by atoms with Crippen molar-refractivity contribution in [2.24, 2.45) is 0 Å². The van der Waals surface area contributed by atoms with Crippen LogP contribution in [0.15, 0.2) is 59.9 Å². The molecule has 2 aromatic rings. The number of hydrogen-bond donors (Lipinski definition) is 0. The number of anilines is 1.